The van der Waals surface area contributed by atoms with E-state index < -0.39 is 75.4 Å². The van der Waals surface area contributed by atoms with Gasteiger partial charge in [0.1, 0.15) is 34.9 Å². The second-order valence-corrected chi connectivity index (χ2v) is 8.59. The van der Waals surface area contributed by atoms with Crippen molar-refractivity contribution in [3.63, 3.8) is 0 Å². The Morgan fingerprint density at radius 2 is 1.73 bits per heavy atom. The number of rotatable bonds is 4. The maximum Gasteiger partial charge on any atom is 0.278 e. The van der Waals surface area contributed by atoms with Crippen LogP contribution in [0.15, 0.2) is 35.3 Å². The number of carbonyl (C=O) groups excluding carboxylic acids is 2. The van der Waals surface area contributed by atoms with Crippen molar-refractivity contribution in [3.8, 4) is 11.5 Å². The third kappa shape index (κ3) is 4.36. The quantitative estimate of drug-likeness (QED) is 0.457. The Bertz CT molecular complexity index is 1500. The zero-order chi connectivity index (χ0) is 26.6. The summed E-state index contributed by atoms with van der Waals surface area (Å²) in [6, 6.07) is 2.39. The van der Waals surface area contributed by atoms with Crippen LogP contribution < -0.4 is 20.4 Å². The highest BCUT2D eigenvalue weighted by atomic mass is 19.2. The predicted octanol–water partition coefficient (Wildman–Crippen LogP) is 3.13. The first-order valence-electron chi connectivity index (χ1n) is 10.9. The molecule has 1 aliphatic carbocycles. The first-order valence-corrected chi connectivity index (χ1v) is 10.9. The maximum atomic E-state index is 14.0. The van der Waals surface area contributed by atoms with Gasteiger partial charge >= 0.3 is 0 Å². The van der Waals surface area contributed by atoms with E-state index in [-0.39, 0.29) is 30.0 Å². The van der Waals surface area contributed by atoms with Gasteiger partial charge in [0.15, 0.2) is 23.1 Å². The number of nitrogens with one attached hydrogen (secondary N) is 2. The van der Waals surface area contributed by atoms with Gasteiger partial charge in [-0.05, 0) is 6.42 Å². The van der Waals surface area contributed by atoms with Gasteiger partial charge in [-0.1, -0.05) is 0 Å². The minimum Gasteiger partial charge on any atom is -0.503 e. The van der Waals surface area contributed by atoms with Crippen LogP contribution in [0.3, 0.4) is 0 Å². The molecule has 3 aromatic rings. The van der Waals surface area contributed by atoms with Crippen LogP contribution in [0, 0.1) is 35.0 Å². The summed E-state index contributed by atoms with van der Waals surface area (Å²) in [6.07, 6.45) is 1.05. The number of carbonyl (C=O) groups is 2. The summed E-state index contributed by atoms with van der Waals surface area (Å²) in [5.41, 5.74) is -3.37. The van der Waals surface area contributed by atoms with Crippen molar-refractivity contribution in [2.45, 2.75) is 19.1 Å². The highest BCUT2D eigenvalue weighted by Gasteiger charge is 2.46. The first-order chi connectivity index (χ1) is 17.5. The van der Waals surface area contributed by atoms with Crippen LogP contribution >= 0.6 is 0 Å². The van der Waals surface area contributed by atoms with Crippen LogP contribution in [0.1, 0.15) is 32.8 Å². The second-order valence-electron chi connectivity index (χ2n) is 8.59. The van der Waals surface area contributed by atoms with Crippen LogP contribution in [0.2, 0.25) is 0 Å². The average molecular weight is 521 g/mol. The van der Waals surface area contributed by atoms with E-state index in [1.54, 1.807) is 0 Å². The van der Waals surface area contributed by atoms with E-state index in [2.05, 4.69) is 10.3 Å². The molecule has 37 heavy (non-hydrogen) atoms. The van der Waals surface area contributed by atoms with E-state index in [4.69, 9.17) is 4.74 Å². The molecule has 0 radical (unpaired) electrons. The molecule has 2 heterocycles. The van der Waals surface area contributed by atoms with Crippen molar-refractivity contribution in [1.29, 1.82) is 0 Å². The van der Waals surface area contributed by atoms with Crippen molar-refractivity contribution < 1.29 is 41.4 Å². The summed E-state index contributed by atoms with van der Waals surface area (Å²) in [7, 11) is 0. The number of H-pyrrole nitrogens is 1. The van der Waals surface area contributed by atoms with E-state index in [1.807, 2.05) is 0 Å². The molecule has 0 bridgehead atoms. The van der Waals surface area contributed by atoms with Crippen molar-refractivity contribution in [2.75, 3.05) is 11.4 Å². The van der Waals surface area contributed by atoms with E-state index >= 15 is 0 Å². The lowest BCUT2D eigenvalue weighted by molar-refractivity contribution is 0.0942. The number of hydrogen-bond acceptors (Lipinski definition) is 5. The fourth-order valence-electron chi connectivity index (χ4n) is 4.06. The predicted molar refractivity (Wildman–Crippen MR) is 117 cm³/mol. The SMILES string of the molecule is O=C(NCc1c(F)cc(F)cc1F)c1c[nH]c(C(=O)N2C[C@@H]3C[C@@H]3Oc3cc(F)c(F)cc32)c(O)c1=O. The van der Waals surface area contributed by atoms with Crippen LogP contribution in [0.25, 0.3) is 0 Å². The zero-order valence-electron chi connectivity index (χ0n) is 18.6. The van der Waals surface area contributed by atoms with E-state index in [1.165, 1.54) is 0 Å². The Kier molecular flexibility index (Phi) is 5.85. The first kappa shape index (κ1) is 24.3. The molecular weight excluding hydrogens is 505 g/mol. The minimum atomic E-state index is -1.28. The number of anilines is 1. The fraction of sp³-hybridized carbons (Fsp3) is 0.208. The Hall–Kier alpha value is -4.42. The topological polar surface area (TPSA) is 112 Å². The van der Waals surface area contributed by atoms with Gasteiger partial charge in [0.25, 0.3) is 11.8 Å². The number of hydrogen-bond donors (Lipinski definition) is 3. The Morgan fingerprint density at radius 3 is 2.43 bits per heavy atom. The number of fused-ring (bicyclic) bond motifs is 2. The third-order valence-corrected chi connectivity index (χ3v) is 6.14. The smallest absolute Gasteiger partial charge is 0.278 e. The summed E-state index contributed by atoms with van der Waals surface area (Å²) in [5.74, 6) is -9.59. The maximum absolute atomic E-state index is 14.0. The standard InChI is InChI=1S/C24H16F5N3O5/c25-10-2-13(26)11(14(27)3-10)6-31-23(35)12-7-30-20(22(34)21(12)33)24(36)32-8-9-1-18(9)37-19-5-16(29)15(28)4-17(19)32/h2-5,7,9,18,34H,1,6,8H2,(H,30,33)(H,31,35)/t9-,18-/m0/s1. The molecule has 1 fully saturated rings. The largest absolute Gasteiger partial charge is 0.503 e. The minimum absolute atomic E-state index is 0.0279. The highest BCUT2D eigenvalue weighted by molar-refractivity contribution is 6.08. The molecule has 2 atom stereocenters. The Labute approximate surface area is 204 Å². The van der Waals surface area contributed by atoms with E-state index in [0.717, 1.165) is 23.2 Å². The molecular formula is C24H16F5N3O5. The molecule has 2 aliphatic rings. The number of benzene rings is 2. The molecule has 5 rings (SSSR count). The second kappa shape index (κ2) is 8.91. The Balaban J connectivity index is 1.41. The number of aromatic amines is 1. The highest BCUT2D eigenvalue weighted by Crippen LogP contribution is 2.45. The summed E-state index contributed by atoms with van der Waals surface area (Å²) >= 11 is 0. The van der Waals surface area contributed by atoms with Crippen LogP contribution in [-0.4, -0.2) is 34.6 Å². The molecule has 192 valence electrons. The van der Waals surface area contributed by atoms with Crippen molar-refractivity contribution in [3.05, 3.63) is 86.6 Å². The average Bonchev–Trinajstić information content (AvgIpc) is 3.58. The van der Waals surface area contributed by atoms with Gasteiger partial charge in [0.05, 0.1) is 5.69 Å². The monoisotopic (exact) mass is 521 g/mol. The molecule has 13 heteroatoms. The van der Waals surface area contributed by atoms with Gasteiger partial charge in [-0.15, -0.1) is 0 Å². The number of nitrogens with zero attached hydrogens (tertiary/aromatic N) is 1. The van der Waals surface area contributed by atoms with Crippen molar-refractivity contribution in [2.24, 2.45) is 5.92 Å². The van der Waals surface area contributed by atoms with Crippen LogP contribution in [0.4, 0.5) is 27.6 Å². The fourth-order valence-corrected chi connectivity index (χ4v) is 4.06. The lowest BCUT2D eigenvalue weighted by atomic mass is 10.1. The molecule has 0 saturated heterocycles. The number of pyridine rings is 1. The number of aromatic hydroxyl groups is 1. The lowest BCUT2D eigenvalue weighted by Gasteiger charge is -2.23. The molecule has 0 spiro atoms. The number of ether oxygens (including phenoxy) is 1. The van der Waals surface area contributed by atoms with Crippen LogP contribution in [0.5, 0.6) is 11.5 Å². The molecule has 1 saturated carbocycles. The summed E-state index contributed by atoms with van der Waals surface area (Å²) < 4.78 is 74.0. The Morgan fingerprint density at radius 1 is 1.05 bits per heavy atom. The number of halogens is 5. The van der Waals surface area contributed by atoms with Gasteiger partial charge in [0, 0.05) is 55.0 Å². The van der Waals surface area contributed by atoms with Crippen LogP contribution in [-0.2, 0) is 6.54 Å². The number of amides is 2. The van der Waals surface area contributed by atoms with E-state index in [0.29, 0.717) is 18.6 Å². The third-order valence-electron chi connectivity index (χ3n) is 6.14. The summed E-state index contributed by atoms with van der Waals surface area (Å²) in [4.78, 5) is 41.7. The van der Waals surface area contributed by atoms with Gasteiger partial charge < -0.3 is 25.0 Å². The molecule has 1 aromatic heterocycles. The summed E-state index contributed by atoms with van der Waals surface area (Å²) in [6.45, 7) is -0.715. The normalized spacial score (nSPS) is 17.8. The van der Waals surface area contributed by atoms with Gasteiger partial charge in [-0.25, -0.2) is 22.0 Å². The van der Waals surface area contributed by atoms with Gasteiger partial charge in [-0.2, -0.15) is 0 Å². The molecule has 2 aromatic carbocycles. The molecule has 8 nitrogen and oxygen atoms in total. The lowest BCUT2D eigenvalue weighted by Crippen LogP contribution is -2.35. The van der Waals surface area contributed by atoms with Gasteiger partial charge in [0.2, 0.25) is 5.43 Å². The van der Waals surface area contributed by atoms with E-state index in [9.17, 15) is 41.4 Å². The number of aromatic nitrogens is 1. The summed E-state index contributed by atoms with van der Waals surface area (Å²) in [5, 5.41) is 12.5. The van der Waals surface area contributed by atoms with Crippen molar-refractivity contribution >= 4 is 17.5 Å². The molecule has 1 aliphatic heterocycles. The van der Waals surface area contributed by atoms with Gasteiger partial charge in [-0.3, -0.25) is 14.4 Å². The molecule has 0 unspecified atom stereocenters. The zero-order valence-corrected chi connectivity index (χ0v) is 18.6. The molecule has 3 N–H and O–H groups in total. The van der Waals surface area contributed by atoms with Crippen molar-refractivity contribution in [1.82, 2.24) is 10.3 Å². The molecule has 2 amide bonds.